The SMILES string of the molecule is COC(=O)c1coc(-c2nc3oc2C24c5ccccc5N[C@H]2Oc2ccc(cc24)CC(CC(=O)[C@@H](O)C(C)C)C(=O)N[C@@H]3C(C)C)n1. The van der Waals surface area contributed by atoms with E-state index in [1.165, 1.54) is 13.4 Å². The second kappa shape index (κ2) is 11.4. The monoisotopic (exact) mass is 640 g/mol. The van der Waals surface area contributed by atoms with Gasteiger partial charge in [-0.1, -0.05) is 58.0 Å². The highest BCUT2D eigenvalue weighted by Gasteiger charge is 2.61. The minimum Gasteiger partial charge on any atom is -0.469 e. The van der Waals surface area contributed by atoms with Crippen molar-refractivity contribution in [3.8, 4) is 17.3 Å². The number of carbonyl (C=O) groups is 3. The van der Waals surface area contributed by atoms with E-state index in [0.29, 0.717) is 11.5 Å². The molecule has 244 valence electrons. The van der Waals surface area contributed by atoms with E-state index >= 15 is 0 Å². The third kappa shape index (κ3) is 4.81. The number of fused-ring (bicyclic) bond motifs is 4. The standard InChI is InChI=1S/C35H36N4O8/c1-16(2)26-32-39-27(31-36-23(15-45-31)33(43)44-5)29(47-32)35-20-8-6-7-9-22(20)37-34(35)46-25-11-10-18(13-21(25)35)12-19(30(42)38-26)14-24(40)28(41)17(3)4/h6-11,13,15-17,19,26,28,34,37,41H,12,14H2,1-5H3,(H,38,42)/t19?,26-,28+,34+,35?/m1/s1. The molecule has 4 bridgehead atoms. The van der Waals surface area contributed by atoms with Crippen molar-refractivity contribution in [1.82, 2.24) is 15.3 Å². The Kier molecular flexibility index (Phi) is 7.42. The lowest BCUT2D eigenvalue weighted by Crippen LogP contribution is -2.41. The Balaban J connectivity index is 1.48. The van der Waals surface area contributed by atoms with Crippen molar-refractivity contribution in [3.05, 3.63) is 82.8 Å². The van der Waals surface area contributed by atoms with Crippen molar-refractivity contribution in [1.29, 1.82) is 0 Å². The fourth-order valence-corrected chi connectivity index (χ4v) is 6.88. The third-order valence-electron chi connectivity index (χ3n) is 9.34. The van der Waals surface area contributed by atoms with Crippen molar-refractivity contribution in [2.45, 2.75) is 64.3 Å². The fourth-order valence-electron chi connectivity index (χ4n) is 6.88. The van der Waals surface area contributed by atoms with Crippen LogP contribution in [0.2, 0.25) is 0 Å². The quantitative estimate of drug-likeness (QED) is 0.243. The molecule has 5 atom stereocenters. The fraction of sp³-hybridized carbons (Fsp3) is 0.400. The average molecular weight is 641 g/mol. The molecule has 3 N–H and O–H groups in total. The van der Waals surface area contributed by atoms with Crippen LogP contribution >= 0.6 is 0 Å². The zero-order valence-electron chi connectivity index (χ0n) is 26.7. The lowest BCUT2D eigenvalue weighted by atomic mass is 9.72. The Morgan fingerprint density at radius 3 is 2.62 bits per heavy atom. The number of oxazole rings is 2. The van der Waals surface area contributed by atoms with Gasteiger partial charge in [0, 0.05) is 23.6 Å². The van der Waals surface area contributed by atoms with Gasteiger partial charge in [0.2, 0.25) is 17.7 Å². The zero-order valence-corrected chi connectivity index (χ0v) is 26.7. The topological polar surface area (TPSA) is 166 Å². The maximum atomic E-state index is 14.0. The number of esters is 1. The van der Waals surface area contributed by atoms with Gasteiger partial charge in [0.15, 0.2) is 29.2 Å². The Morgan fingerprint density at radius 2 is 1.87 bits per heavy atom. The molecule has 3 aliphatic heterocycles. The summed E-state index contributed by atoms with van der Waals surface area (Å²) in [4.78, 5) is 48.8. The number of hydrogen-bond donors (Lipinski definition) is 3. The van der Waals surface area contributed by atoms with Crippen molar-refractivity contribution >= 4 is 23.3 Å². The average Bonchev–Trinajstić information content (AvgIpc) is 3.83. The normalized spacial score (nSPS) is 23.1. The Bertz CT molecular complexity index is 1890. The molecule has 0 saturated carbocycles. The molecule has 1 spiro atoms. The Labute approximate surface area is 270 Å². The van der Waals surface area contributed by atoms with Crippen LogP contribution in [0.4, 0.5) is 5.69 Å². The van der Waals surface area contributed by atoms with Gasteiger partial charge >= 0.3 is 5.97 Å². The van der Waals surface area contributed by atoms with Gasteiger partial charge in [0.25, 0.3) is 0 Å². The summed E-state index contributed by atoms with van der Waals surface area (Å²) in [5, 5.41) is 17.2. The van der Waals surface area contributed by atoms with Gasteiger partial charge in [-0.25, -0.2) is 14.8 Å². The number of rotatable bonds is 7. The molecule has 7 rings (SSSR count). The zero-order chi connectivity index (χ0) is 33.2. The molecule has 12 nitrogen and oxygen atoms in total. The number of ether oxygens (including phenoxy) is 2. The largest absolute Gasteiger partial charge is 0.469 e. The number of para-hydroxylation sites is 1. The van der Waals surface area contributed by atoms with Crippen molar-refractivity contribution in [2.24, 2.45) is 17.8 Å². The minimum atomic E-state index is -1.18. The van der Waals surface area contributed by atoms with Crippen molar-refractivity contribution in [3.63, 3.8) is 0 Å². The number of aliphatic hydroxyl groups is 1. The van der Waals surface area contributed by atoms with E-state index < -0.39 is 41.5 Å². The molecule has 0 radical (unpaired) electrons. The van der Waals surface area contributed by atoms with E-state index in [-0.39, 0.29) is 53.8 Å². The number of carbonyl (C=O) groups excluding carboxylic acids is 3. The van der Waals surface area contributed by atoms with Crippen molar-refractivity contribution in [2.75, 3.05) is 12.4 Å². The summed E-state index contributed by atoms with van der Waals surface area (Å²) < 4.78 is 24.0. The molecule has 0 fully saturated rings. The Hall–Kier alpha value is -4.97. The summed E-state index contributed by atoms with van der Waals surface area (Å²) in [5.74, 6) is -1.47. The van der Waals surface area contributed by atoms with E-state index in [1.807, 2.05) is 56.3 Å². The highest BCUT2D eigenvalue weighted by Crippen LogP contribution is 2.59. The van der Waals surface area contributed by atoms with Crippen LogP contribution in [0.5, 0.6) is 5.75 Å². The molecule has 47 heavy (non-hydrogen) atoms. The van der Waals surface area contributed by atoms with E-state index in [4.69, 9.17) is 23.3 Å². The summed E-state index contributed by atoms with van der Waals surface area (Å²) >= 11 is 0. The minimum absolute atomic E-state index is 0.0346. The smallest absolute Gasteiger partial charge is 0.360 e. The highest BCUT2D eigenvalue weighted by molar-refractivity contribution is 5.90. The van der Waals surface area contributed by atoms with Gasteiger partial charge in [0.05, 0.1) is 7.11 Å². The molecule has 12 heteroatoms. The van der Waals surface area contributed by atoms with Crippen LogP contribution in [-0.2, 0) is 26.2 Å². The van der Waals surface area contributed by atoms with Crippen molar-refractivity contribution < 1.29 is 37.8 Å². The number of benzene rings is 2. The van der Waals surface area contributed by atoms with Crippen LogP contribution in [0.1, 0.15) is 79.0 Å². The molecule has 3 aliphatic rings. The second-order valence-electron chi connectivity index (χ2n) is 13.1. The van der Waals surface area contributed by atoms with Crippen LogP contribution in [0.25, 0.3) is 11.6 Å². The molecule has 2 aromatic carbocycles. The first-order valence-electron chi connectivity index (χ1n) is 15.8. The van der Waals surface area contributed by atoms with Crippen LogP contribution in [0, 0.1) is 17.8 Å². The lowest BCUT2D eigenvalue weighted by Gasteiger charge is -2.28. The van der Waals surface area contributed by atoms with Gasteiger partial charge in [-0.3, -0.25) is 9.59 Å². The number of hydrogen-bond acceptors (Lipinski definition) is 11. The highest BCUT2D eigenvalue weighted by atomic mass is 16.5. The molecule has 0 saturated heterocycles. The number of aliphatic hydroxyl groups excluding tert-OH is 1. The molecule has 0 aliphatic carbocycles. The van der Waals surface area contributed by atoms with E-state index in [0.717, 1.165) is 22.4 Å². The maximum Gasteiger partial charge on any atom is 0.360 e. The lowest BCUT2D eigenvalue weighted by molar-refractivity contribution is -0.135. The van der Waals surface area contributed by atoms with Crippen LogP contribution in [0.15, 0.2) is 57.6 Å². The second-order valence-corrected chi connectivity index (χ2v) is 13.1. The van der Waals surface area contributed by atoms with Crippen LogP contribution in [0.3, 0.4) is 0 Å². The van der Waals surface area contributed by atoms with E-state index in [9.17, 15) is 19.5 Å². The predicted molar refractivity (Wildman–Crippen MR) is 168 cm³/mol. The van der Waals surface area contributed by atoms with Crippen LogP contribution < -0.4 is 15.4 Å². The van der Waals surface area contributed by atoms with Gasteiger partial charge < -0.3 is 34.0 Å². The van der Waals surface area contributed by atoms with Gasteiger partial charge in [-0.2, -0.15) is 0 Å². The van der Waals surface area contributed by atoms with Gasteiger partial charge in [0.1, 0.15) is 29.6 Å². The number of nitrogens with zero attached hydrogens (tertiary/aromatic N) is 2. The van der Waals surface area contributed by atoms with E-state index in [1.54, 1.807) is 13.8 Å². The molecule has 2 aromatic heterocycles. The van der Waals surface area contributed by atoms with Crippen LogP contribution in [-0.4, -0.2) is 52.2 Å². The number of amides is 1. The molecular weight excluding hydrogens is 604 g/mol. The predicted octanol–water partition coefficient (Wildman–Crippen LogP) is 4.56. The summed E-state index contributed by atoms with van der Waals surface area (Å²) in [6, 6.07) is 12.8. The number of nitrogens with one attached hydrogen (secondary N) is 2. The first-order valence-corrected chi connectivity index (χ1v) is 15.8. The number of aromatic nitrogens is 2. The number of ketones is 1. The molecule has 2 unspecified atom stereocenters. The third-order valence-corrected chi connectivity index (χ3v) is 9.34. The molecule has 5 heterocycles. The molecule has 1 amide bonds. The maximum absolute atomic E-state index is 14.0. The van der Waals surface area contributed by atoms with Gasteiger partial charge in [-0.15, -0.1) is 0 Å². The number of anilines is 1. The first kappa shape index (κ1) is 30.7. The first-order chi connectivity index (χ1) is 22.5. The summed E-state index contributed by atoms with van der Waals surface area (Å²) in [5.41, 5.74) is 2.42. The van der Waals surface area contributed by atoms with E-state index in [2.05, 4.69) is 15.6 Å². The molecular formula is C35H36N4O8. The molecule has 4 aromatic rings. The number of Topliss-reactive ketones (excluding diaryl/α,β-unsaturated/α-hetero) is 1. The summed E-state index contributed by atoms with van der Waals surface area (Å²) in [6.07, 6.45) is -0.520. The Morgan fingerprint density at radius 1 is 1.09 bits per heavy atom. The summed E-state index contributed by atoms with van der Waals surface area (Å²) in [6.45, 7) is 7.39. The number of methoxy groups -OCH3 is 1. The summed E-state index contributed by atoms with van der Waals surface area (Å²) in [7, 11) is 1.26. The van der Waals surface area contributed by atoms with Gasteiger partial charge in [-0.05, 0) is 41.5 Å².